The van der Waals surface area contributed by atoms with Crippen molar-refractivity contribution in [3.05, 3.63) is 29.3 Å². The lowest BCUT2D eigenvalue weighted by atomic mass is 10.1. The van der Waals surface area contributed by atoms with Crippen LogP contribution >= 0.6 is 0 Å². The molecule has 3 N–H and O–H groups in total. The minimum Gasteiger partial charge on any atom is -0.398 e. The Morgan fingerprint density at radius 2 is 2.11 bits per heavy atom. The van der Waals surface area contributed by atoms with Crippen LogP contribution in [0.15, 0.2) is 18.2 Å². The van der Waals surface area contributed by atoms with Crippen molar-refractivity contribution in [3.8, 4) is 0 Å². The van der Waals surface area contributed by atoms with Gasteiger partial charge < -0.3 is 11.1 Å². The summed E-state index contributed by atoms with van der Waals surface area (Å²) in [7, 11) is 0. The summed E-state index contributed by atoms with van der Waals surface area (Å²) in [5, 5.41) is 2.98. The molecule has 0 saturated carbocycles. The van der Waals surface area contributed by atoms with Crippen molar-refractivity contribution in [3.63, 3.8) is 0 Å². The largest absolute Gasteiger partial charge is 0.398 e. The molecule has 1 atom stereocenters. The van der Waals surface area contributed by atoms with Crippen LogP contribution in [0.4, 0.5) is 5.69 Å². The second-order valence-corrected chi connectivity index (χ2v) is 5.39. The summed E-state index contributed by atoms with van der Waals surface area (Å²) in [5.41, 5.74) is 8.01. The van der Waals surface area contributed by atoms with Gasteiger partial charge in [-0.1, -0.05) is 11.6 Å². The Morgan fingerprint density at radius 3 is 2.79 bits per heavy atom. The maximum atomic E-state index is 12.1. The number of nitrogen functional groups attached to an aromatic ring is 1. The molecule has 1 saturated heterocycles. The van der Waals surface area contributed by atoms with Gasteiger partial charge in [0.2, 0.25) is 0 Å². The second-order valence-electron chi connectivity index (χ2n) is 5.39. The van der Waals surface area contributed by atoms with E-state index >= 15 is 0 Å². The van der Waals surface area contributed by atoms with Crippen LogP contribution in [0.25, 0.3) is 0 Å². The molecule has 0 radical (unpaired) electrons. The Kier molecular flexibility index (Phi) is 4.43. The maximum absolute atomic E-state index is 12.1. The van der Waals surface area contributed by atoms with Crippen LogP contribution in [0, 0.1) is 6.92 Å². The van der Waals surface area contributed by atoms with Gasteiger partial charge in [-0.05, 0) is 51.9 Å². The third-order valence-corrected chi connectivity index (χ3v) is 3.78. The van der Waals surface area contributed by atoms with E-state index in [9.17, 15) is 4.79 Å². The monoisotopic (exact) mass is 261 g/mol. The van der Waals surface area contributed by atoms with Gasteiger partial charge in [0.1, 0.15) is 0 Å². The van der Waals surface area contributed by atoms with Crippen LogP contribution in [0.5, 0.6) is 0 Å². The van der Waals surface area contributed by atoms with Gasteiger partial charge in [0.25, 0.3) is 5.91 Å². The lowest BCUT2D eigenvalue weighted by Crippen LogP contribution is -2.40. The van der Waals surface area contributed by atoms with E-state index in [4.69, 9.17) is 5.73 Å². The zero-order valence-corrected chi connectivity index (χ0v) is 11.8. The first kappa shape index (κ1) is 13.9. The summed E-state index contributed by atoms with van der Waals surface area (Å²) in [4.78, 5) is 14.5. The molecule has 0 bridgehead atoms. The molecule has 1 aromatic carbocycles. The standard InChI is InChI=1S/C15H23N3O/c1-11-5-6-14(16)13(9-11)15(19)17-10-12(2)18-7-3-4-8-18/h5-6,9,12H,3-4,7-8,10,16H2,1-2H3,(H,17,19). The molecule has 1 aliphatic rings. The normalized spacial score (nSPS) is 17.4. The Hall–Kier alpha value is -1.55. The average Bonchev–Trinajstić information content (AvgIpc) is 2.92. The van der Waals surface area contributed by atoms with Gasteiger partial charge in [0, 0.05) is 18.3 Å². The van der Waals surface area contributed by atoms with Crippen LogP contribution in [0.1, 0.15) is 35.7 Å². The summed E-state index contributed by atoms with van der Waals surface area (Å²) in [5.74, 6) is -0.0766. The zero-order chi connectivity index (χ0) is 13.8. The van der Waals surface area contributed by atoms with Crippen molar-refractivity contribution in [2.24, 2.45) is 0 Å². The van der Waals surface area contributed by atoms with Gasteiger partial charge in [-0.2, -0.15) is 0 Å². The number of rotatable bonds is 4. The highest BCUT2D eigenvalue weighted by molar-refractivity contribution is 5.99. The van der Waals surface area contributed by atoms with Crippen LogP contribution in [-0.4, -0.2) is 36.5 Å². The Bertz CT molecular complexity index is 453. The fourth-order valence-electron chi connectivity index (χ4n) is 2.51. The van der Waals surface area contributed by atoms with Gasteiger partial charge in [0.05, 0.1) is 5.56 Å². The summed E-state index contributed by atoms with van der Waals surface area (Å²) >= 11 is 0. The number of benzene rings is 1. The number of aryl methyl sites for hydroxylation is 1. The molecule has 4 nitrogen and oxygen atoms in total. The van der Waals surface area contributed by atoms with Gasteiger partial charge in [0.15, 0.2) is 0 Å². The third kappa shape index (κ3) is 3.47. The highest BCUT2D eigenvalue weighted by atomic mass is 16.1. The number of hydrogen-bond donors (Lipinski definition) is 2. The number of carbonyl (C=O) groups is 1. The predicted molar refractivity (Wildman–Crippen MR) is 78.2 cm³/mol. The Morgan fingerprint density at radius 1 is 1.42 bits per heavy atom. The highest BCUT2D eigenvalue weighted by Gasteiger charge is 2.19. The smallest absolute Gasteiger partial charge is 0.253 e. The number of anilines is 1. The highest BCUT2D eigenvalue weighted by Crippen LogP contribution is 2.14. The van der Waals surface area contributed by atoms with Gasteiger partial charge in [-0.3, -0.25) is 9.69 Å². The number of carbonyl (C=O) groups excluding carboxylic acids is 1. The Labute approximate surface area is 115 Å². The average molecular weight is 261 g/mol. The molecule has 19 heavy (non-hydrogen) atoms. The fourth-order valence-corrected chi connectivity index (χ4v) is 2.51. The van der Waals surface area contributed by atoms with E-state index in [0.29, 0.717) is 23.8 Å². The SMILES string of the molecule is Cc1ccc(N)c(C(=O)NCC(C)N2CCCC2)c1. The lowest BCUT2D eigenvalue weighted by molar-refractivity contribution is 0.0941. The third-order valence-electron chi connectivity index (χ3n) is 3.78. The van der Waals surface area contributed by atoms with Crippen molar-refractivity contribution >= 4 is 11.6 Å². The van der Waals surface area contributed by atoms with Crippen molar-refractivity contribution in [1.82, 2.24) is 10.2 Å². The molecular formula is C15H23N3O. The van der Waals surface area contributed by atoms with Crippen LogP contribution in [-0.2, 0) is 0 Å². The lowest BCUT2D eigenvalue weighted by Gasteiger charge is -2.24. The number of amides is 1. The van der Waals surface area contributed by atoms with Gasteiger partial charge in [-0.15, -0.1) is 0 Å². The molecule has 1 unspecified atom stereocenters. The first-order valence-corrected chi connectivity index (χ1v) is 6.96. The fraction of sp³-hybridized carbons (Fsp3) is 0.533. The summed E-state index contributed by atoms with van der Waals surface area (Å²) < 4.78 is 0. The Balaban J connectivity index is 1.91. The molecule has 0 aromatic heterocycles. The van der Waals surface area contributed by atoms with Crippen LogP contribution in [0.2, 0.25) is 0 Å². The van der Waals surface area contributed by atoms with Crippen LogP contribution < -0.4 is 11.1 Å². The summed E-state index contributed by atoms with van der Waals surface area (Å²) in [6, 6.07) is 5.93. The molecule has 4 heteroatoms. The van der Waals surface area contributed by atoms with Crippen LogP contribution in [0.3, 0.4) is 0 Å². The first-order valence-electron chi connectivity index (χ1n) is 6.96. The van der Waals surface area contributed by atoms with E-state index in [1.165, 1.54) is 12.8 Å². The minimum atomic E-state index is -0.0766. The summed E-state index contributed by atoms with van der Waals surface area (Å²) in [6.45, 7) is 7.08. The van der Waals surface area contributed by atoms with Crippen molar-refractivity contribution in [1.29, 1.82) is 0 Å². The molecule has 1 fully saturated rings. The molecule has 104 valence electrons. The number of likely N-dealkylation sites (tertiary alicyclic amines) is 1. The van der Waals surface area contributed by atoms with E-state index < -0.39 is 0 Å². The quantitative estimate of drug-likeness (QED) is 0.812. The van der Waals surface area contributed by atoms with Gasteiger partial charge >= 0.3 is 0 Å². The number of nitrogens with one attached hydrogen (secondary N) is 1. The van der Waals surface area contributed by atoms with E-state index in [2.05, 4.69) is 17.1 Å². The molecule has 1 aliphatic heterocycles. The molecule has 1 amide bonds. The summed E-state index contributed by atoms with van der Waals surface area (Å²) in [6.07, 6.45) is 2.53. The minimum absolute atomic E-state index is 0.0766. The molecule has 1 heterocycles. The maximum Gasteiger partial charge on any atom is 0.253 e. The molecule has 2 rings (SSSR count). The van der Waals surface area contributed by atoms with Crippen molar-refractivity contribution in [2.45, 2.75) is 32.7 Å². The van der Waals surface area contributed by atoms with E-state index in [1.807, 2.05) is 19.1 Å². The van der Waals surface area contributed by atoms with Crippen molar-refractivity contribution < 1.29 is 4.79 Å². The van der Waals surface area contributed by atoms with Crippen molar-refractivity contribution in [2.75, 3.05) is 25.4 Å². The topological polar surface area (TPSA) is 58.4 Å². The number of nitrogens with two attached hydrogens (primary N) is 1. The van der Waals surface area contributed by atoms with E-state index in [0.717, 1.165) is 18.7 Å². The molecular weight excluding hydrogens is 238 g/mol. The van der Waals surface area contributed by atoms with E-state index in [1.54, 1.807) is 6.07 Å². The first-order chi connectivity index (χ1) is 9.08. The molecule has 0 aliphatic carbocycles. The van der Waals surface area contributed by atoms with Gasteiger partial charge in [-0.25, -0.2) is 0 Å². The number of hydrogen-bond acceptors (Lipinski definition) is 3. The predicted octanol–water partition coefficient (Wildman–Crippen LogP) is 1.79. The second kappa shape index (κ2) is 6.06. The molecule has 1 aromatic rings. The zero-order valence-electron chi connectivity index (χ0n) is 11.8. The van der Waals surface area contributed by atoms with E-state index in [-0.39, 0.29) is 5.91 Å². The molecule has 0 spiro atoms. The number of nitrogens with zero attached hydrogens (tertiary/aromatic N) is 1.